The van der Waals surface area contributed by atoms with Crippen molar-refractivity contribution < 1.29 is 22.7 Å². The minimum Gasteiger partial charge on any atom is -0.478 e. The van der Waals surface area contributed by atoms with Crippen molar-refractivity contribution in [2.24, 2.45) is 0 Å². The van der Waals surface area contributed by atoms with E-state index in [2.05, 4.69) is 4.72 Å². The van der Waals surface area contributed by atoms with Gasteiger partial charge in [-0.15, -0.1) is 0 Å². The normalized spacial score (nSPS) is 11.5. The zero-order chi connectivity index (χ0) is 16.0. The maximum absolute atomic E-state index is 11.9. The van der Waals surface area contributed by atoms with E-state index in [4.69, 9.17) is 9.52 Å². The fourth-order valence-corrected chi connectivity index (χ4v) is 3.15. The fourth-order valence-electron chi connectivity index (χ4n) is 1.96. The van der Waals surface area contributed by atoms with Crippen LogP contribution in [0.4, 0.5) is 0 Å². The molecule has 0 amide bonds. The molecule has 0 bridgehead atoms. The summed E-state index contributed by atoms with van der Waals surface area (Å²) in [5.74, 6) is -0.387. The Morgan fingerprint density at radius 2 is 1.91 bits per heavy atom. The van der Waals surface area contributed by atoms with E-state index in [1.54, 1.807) is 12.3 Å². The van der Waals surface area contributed by atoms with Crippen molar-refractivity contribution >= 4 is 16.0 Å². The molecule has 0 aliphatic heterocycles. The van der Waals surface area contributed by atoms with Crippen LogP contribution in [0.1, 0.15) is 28.1 Å². The number of carboxylic acids is 1. The minimum absolute atomic E-state index is 0.132. The molecule has 0 saturated heterocycles. The van der Waals surface area contributed by atoms with Gasteiger partial charge in [0.05, 0.1) is 17.6 Å². The number of aromatic carboxylic acids is 1. The van der Waals surface area contributed by atoms with E-state index in [9.17, 15) is 13.2 Å². The number of sulfonamides is 1. The number of nitrogens with one attached hydrogen (secondary N) is 1. The van der Waals surface area contributed by atoms with Crippen molar-refractivity contribution in [1.29, 1.82) is 0 Å². The molecule has 2 rings (SSSR count). The molecule has 0 atom stereocenters. The van der Waals surface area contributed by atoms with E-state index >= 15 is 0 Å². The molecule has 0 fully saturated rings. The summed E-state index contributed by atoms with van der Waals surface area (Å²) in [5.41, 5.74) is 0.677. The molecule has 118 valence electrons. The fraction of sp³-hybridized carbons (Fsp3) is 0.267. The summed E-state index contributed by atoms with van der Waals surface area (Å²) >= 11 is 0. The molecule has 7 heteroatoms. The number of furan rings is 1. The Morgan fingerprint density at radius 3 is 2.50 bits per heavy atom. The van der Waals surface area contributed by atoms with Gasteiger partial charge in [0.25, 0.3) is 0 Å². The number of benzene rings is 1. The zero-order valence-corrected chi connectivity index (χ0v) is 12.7. The molecule has 1 aromatic carbocycles. The molecule has 0 aliphatic rings. The number of rotatable bonds is 8. The third-order valence-corrected chi connectivity index (χ3v) is 4.42. The lowest BCUT2D eigenvalue weighted by Crippen LogP contribution is -2.26. The SMILES string of the molecule is O=C(O)c1ccc(CS(=O)(=O)NCCCc2ccco2)cc1. The topological polar surface area (TPSA) is 96.6 Å². The van der Waals surface area contributed by atoms with Gasteiger partial charge in [-0.25, -0.2) is 17.9 Å². The number of carboxylic acid groups (broad SMARTS) is 1. The van der Waals surface area contributed by atoms with Gasteiger partial charge >= 0.3 is 5.97 Å². The highest BCUT2D eigenvalue weighted by molar-refractivity contribution is 7.88. The van der Waals surface area contributed by atoms with Crippen molar-refractivity contribution in [1.82, 2.24) is 4.72 Å². The Bertz CT molecular complexity index is 705. The largest absolute Gasteiger partial charge is 0.478 e. The summed E-state index contributed by atoms with van der Waals surface area (Å²) < 4.78 is 31.5. The van der Waals surface area contributed by atoms with Gasteiger partial charge in [0.15, 0.2) is 0 Å². The molecular weight excluding hydrogens is 306 g/mol. The Balaban J connectivity index is 1.81. The molecule has 0 saturated carbocycles. The van der Waals surface area contributed by atoms with E-state index in [0.717, 1.165) is 5.76 Å². The molecule has 22 heavy (non-hydrogen) atoms. The number of carbonyl (C=O) groups is 1. The Morgan fingerprint density at radius 1 is 1.18 bits per heavy atom. The Labute approximate surface area is 128 Å². The predicted octanol–water partition coefficient (Wildman–Crippen LogP) is 2.03. The molecule has 0 aliphatic carbocycles. The van der Waals surface area contributed by atoms with Crippen LogP contribution in [-0.4, -0.2) is 26.0 Å². The Kier molecular flexibility index (Phi) is 5.35. The lowest BCUT2D eigenvalue weighted by molar-refractivity contribution is 0.0697. The second-order valence-corrected chi connectivity index (χ2v) is 6.65. The smallest absolute Gasteiger partial charge is 0.335 e. The first kappa shape index (κ1) is 16.3. The maximum atomic E-state index is 11.9. The van der Waals surface area contributed by atoms with Gasteiger partial charge < -0.3 is 9.52 Å². The summed E-state index contributed by atoms with van der Waals surface area (Å²) in [4.78, 5) is 10.7. The van der Waals surface area contributed by atoms with Crippen LogP contribution in [0.5, 0.6) is 0 Å². The summed E-state index contributed by atoms with van der Waals surface area (Å²) in [5, 5.41) is 8.79. The van der Waals surface area contributed by atoms with Crippen LogP contribution >= 0.6 is 0 Å². The monoisotopic (exact) mass is 323 g/mol. The van der Waals surface area contributed by atoms with Crippen LogP contribution in [-0.2, 0) is 22.2 Å². The standard InChI is InChI=1S/C15H17NO5S/c17-15(18)13-7-5-12(6-8-13)11-22(19,20)16-9-1-3-14-4-2-10-21-14/h2,4-8,10,16H,1,3,9,11H2,(H,17,18). The highest BCUT2D eigenvalue weighted by atomic mass is 32.2. The van der Waals surface area contributed by atoms with E-state index in [1.165, 1.54) is 24.3 Å². The molecular formula is C15H17NO5S. The van der Waals surface area contributed by atoms with Gasteiger partial charge in [-0.3, -0.25) is 0 Å². The molecule has 0 unspecified atom stereocenters. The van der Waals surface area contributed by atoms with E-state index in [-0.39, 0.29) is 11.3 Å². The van der Waals surface area contributed by atoms with Crippen LogP contribution in [0.15, 0.2) is 47.1 Å². The second kappa shape index (κ2) is 7.24. The van der Waals surface area contributed by atoms with Crippen LogP contribution in [0, 0.1) is 0 Å². The van der Waals surface area contributed by atoms with Gasteiger partial charge in [-0.05, 0) is 36.2 Å². The molecule has 1 heterocycles. The molecule has 0 spiro atoms. The highest BCUT2D eigenvalue weighted by Gasteiger charge is 2.11. The van der Waals surface area contributed by atoms with Gasteiger partial charge in [0, 0.05) is 13.0 Å². The molecule has 2 aromatic rings. The van der Waals surface area contributed by atoms with Gasteiger partial charge in [0.1, 0.15) is 5.76 Å². The van der Waals surface area contributed by atoms with Crippen LogP contribution in [0.25, 0.3) is 0 Å². The third-order valence-electron chi connectivity index (χ3n) is 3.06. The summed E-state index contributed by atoms with van der Waals surface area (Å²) in [6.45, 7) is 0.330. The first-order valence-electron chi connectivity index (χ1n) is 6.78. The van der Waals surface area contributed by atoms with Crippen molar-refractivity contribution in [2.45, 2.75) is 18.6 Å². The van der Waals surface area contributed by atoms with E-state index in [1.807, 2.05) is 6.07 Å². The van der Waals surface area contributed by atoms with Crippen molar-refractivity contribution in [3.8, 4) is 0 Å². The average molecular weight is 323 g/mol. The van der Waals surface area contributed by atoms with Crippen LogP contribution in [0.3, 0.4) is 0 Å². The van der Waals surface area contributed by atoms with Crippen LogP contribution in [0.2, 0.25) is 0 Å². The molecule has 6 nitrogen and oxygen atoms in total. The first-order valence-corrected chi connectivity index (χ1v) is 8.43. The summed E-state index contributed by atoms with van der Waals surface area (Å²) in [6, 6.07) is 9.43. The van der Waals surface area contributed by atoms with Gasteiger partial charge in [-0.2, -0.15) is 0 Å². The molecule has 0 radical (unpaired) electrons. The van der Waals surface area contributed by atoms with Crippen molar-refractivity contribution in [3.05, 3.63) is 59.5 Å². The third kappa shape index (κ3) is 5.01. The first-order chi connectivity index (χ1) is 10.5. The van der Waals surface area contributed by atoms with Gasteiger partial charge in [0.2, 0.25) is 10.0 Å². The minimum atomic E-state index is -3.44. The Hall–Kier alpha value is -2.12. The zero-order valence-electron chi connectivity index (χ0n) is 11.9. The quantitative estimate of drug-likeness (QED) is 0.725. The lowest BCUT2D eigenvalue weighted by atomic mass is 10.1. The maximum Gasteiger partial charge on any atom is 0.335 e. The number of hydrogen-bond donors (Lipinski definition) is 2. The number of hydrogen-bond acceptors (Lipinski definition) is 4. The van der Waals surface area contributed by atoms with Crippen molar-refractivity contribution in [3.63, 3.8) is 0 Å². The average Bonchev–Trinajstić information content (AvgIpc) is 2.97. The second-order valence-electron chi connectivity index (χ2n) is 4.84. The summed E-state index contributed by atoms with van der Waals surface area (Å²) in [7, 11) is -3.44. The van der Waals surface area contributed by atoms with Crippen LogP contribution < -0.4 is 4.72 Å². The summed E-state index contributed by atoms with van der Waals surface area (Å²) in [6.07, 6.45) is 2.90. The predicted molar refractivity (Wildman–Crippen MR) is 81.1 cm³/mol. The lowest BCUT2D eigenvalue weighted by Gasteiger charge is -2.06. The molecule has 1 aromatic heterocycles. The molecule has 2 N–H and O–H groups in total. The number of aryl methyl sites for hydroxylation is 1. The van der Waals surface area contributed by atoms with E-state index in [0.29, 0.717) is 24.9 Å². The van der Waals surface area contributed by atoms with Crippen molar-refractivity contribution in [2.75, 3.05) is 6.54 Å². The highest BCUT2D eigenvalue weighted by Crippen LogP contribution is 2.08. The van der Waals surface area contributed by atoms with E-state index < -0.39 is 16.0 Å². The van der Waals surface area contributed by atoms with Gasteiger partial charge in [-0.1, -0.05) is 12.1 Å².